The molecule has 1 aromatic carbocycles. The molecule has 1 aliphatic heterocycles. The van der Waals surface area contributed by atoms with Crippen molar-refractivity contribution >= 4 is 22.8 Å². The molecule has 1 fully saturated rings. The summed E-state index contributed by atoms with van der Waals surface area (Å²) in [5.74, 6) is -0.773. The van der Waals surface area contributed by atoms with Crippen molar-refractivity contribution in [1.82, 2.24) is 9.47 Å². The van der Waals surface area contributed by atoms with Crippen LogP contribution in [0.2, 0.25) is 0 Å². The van der Waals surface area contributed by atoms with Crippen LogP contribution in [-0.2, 0) is 23.1 Å². The zero-order valence-corrected chi connectivity index (χ0v) is 13.6. The van der Waals surface area contributed by atoms with Gasteiger partial charge in [0, 0.05) is 43.7 Å². The number of benzene rings is 1. The fourth-order valence-electron chi connectivity index (χ4n) is 3.37. The second kappa shape index (κ2) is 5.72. The molecule has 0 saturated carbocycles. The standard InChI is InChI=1S/C18H22N2O3/c1-18(17(22)23)9-10-20(12-18)16(21)8-7-13-11-19(2)15-6-4-3-5-14(13)15/h3-6,11H,7-10,12H2,1-2H3,(H,22,23). The topological polar surface area (TPSA) is 62.5 Å². The lowest BCUT2D eigenvalue weighted by Gasteiger charge is -2.20. The molecular weight excluding hydrogens is 292 g/mol. The summed E-state index contributed by atoms with van der Waals surface area (Å²) in [5.41, 5.74) is 1.53. The summed E-state index contributed by atoms with van der Waals surface area (Å²) in [7, 11) is 2.01. The molecule has 2 heterocycles. The maximum absolute atomic E-state index is 12.4. The van der Waals surface area contributed by atoms with Crippen LogP contribution in [0.25, 0.3) is 10.9 Å². The number of likely N-dealkylation sites (tertiary alicyclic amines) is 1. The number of fused-ring (bicyclic) bond motifs is 1. The van der Waals surface area contributed by atoms with Crippen molar-refractivity contribution in [2.45, 2.75) is 26.2 Å². The van der Waals surface area contributed by atoms with E-state index in [1.54, 1.807) is 11.8 Å². The Bertz CT molecular complexity index is 765. The van der Waals surface area contributed by atoms with E-state index in [2.05, 4.69) is 22.9 Å². The predicted octanol–water partition coefficient (Wildman–Crippen LogP) is 2.43. The monoisotopic (exact) mass is 314 g/mol. The first-order chi connectivity index (χ1) is 10.9. The van der Waals surface area contributed by atoms with E-state index in [0.29, 0.717) is 32.4 Å². The number of aliphatic carboxylic acids is 1. The van der Waals surface area contributed by atoms with Crippen LogP contribution in [0.5, 0.6) is 0 Å². The van der Waals surface area contributed by atoms with Gasteiger partial charge in [0.15, 0.2) is 0 Å². The summed E-state index contributed by atoms with van der Waals surface area (Å²) in [5, 5.41) is 10.4. The van der Waals surface area contributed by atoms with Crippen LogP contribution >= 0.6 is 0 Å². The largest absolute Gasteiger partial charge is 0.481 e. The fraction of sp³-hybridized carbons (Fsp3) is 0.444. The second-order valence-electron chi connectivity index (χ2n) is 6.71. The van der Waals surface area contributed by atoms with Crippen molar-refractivity contribution in [3.05, 3.63) is 36.0 Å². The van der Waals surface area contributed by atoms with Gasteiger partial charge in [-0.15, -0.1) is 0 Å². The highest BCUT2D eigenvalue weighted by molar-refractivity contribution is 5.85. The van der Waals surface area contributed by atoms with Gasteiger partial charge < -0.3 is 14.6 Å². The minimum atomic E-state index is -0.818. The maximum Gasteiger partial charge on any atom is 0.311 e. The molecule has 1 aliphatic rings. The number of rotatable bonds is 4. The number of aromatic nitrogens is 1. The number of hydrogen-bond acceptors (Lipinski definition) is 2. The molecule has 3 rings (SSSR count). The number of hydrogen-bond donors (Lipinski definition) is 1. The third-order valence-electron chi connectivity index (χ3n) is 4.93. The van der Waals surface area contributed by atoms with E-state index in [1.807, 2.05) is 19.2 Å². The van der Waals surface area contributed by atoms with E-state index >= 15 is 0 Å². The van der Waals surface area contributed by atoms with Gasteiger partial charge in [-0.25, -0.2) is 0 Å². The number of carbonyl (C=O) groups is 2. The van der Waals surface area contributed by atoms with Crippen LogP contribution < -0.4 is 0 Å². The molecule has 1 amide bonds. The van der Waals surface area contributed by atoms with E-state index in [-0.39, 0.29) is 5.91 Å². The van der Waals surface area contributed by atoms with Crippen molar-refractivity contribution in [2.75, 3.05) is 13.1 Å². The quantitative estimate of drug-likeness (QED) is 0.943. The summed E-state index contributed by atoms with van der Waals surface area (Å²) in [4.78, 5) is 25.4. The molecule has 5 heteroatoms. The van der Waals surface area contributed by atoms with Crippen LogP contribution in [0.4, 0.5) is 0 Å². The zero-order chi connectivity index (χ0) is 16.6. The van der Waals surface area contributed by atoms with Crippen molar-refractivity contribution in [2.24, 2.45) is 12.5 Å². The molecule has 2 aromatic rings. The SMILES string of the molecule is Cn1cc(CCC(=O)N2CCC(C)(C(=O)O)C2)c2ccccc21. The molecule has 1 N–H and O–H groups in total. The summed E-state index contributed by atoms with van der Waals surface area (Å²) in [6.07, 6.45) is 3.70. The van der Waals surface area contributed by atoms with Gasteiger partial charge in [-0.2, -0.15) is 0 Å². The van der Waals surface area contributed by atoms with Crippen LogP contribution in [0, 0.1) is 5.41 Å². The molecule has 0 spiro atoms. The van der Waals surface area contributed by atoms with Crippen molar-refractivity contribution in [3.8, 4) is 0 Å². The third kappa shape index (κ3) is 2.83. The molecule has 122 valence electrons. The summed E-state index contributed by atoms with van der Waals surface area (Å²) in [6, 6.07) is 8.16. The molecular formula is C18H22N2O3. The molecule has 0 radical (unpaired) electrons. The van der Waals surface area contributed by atoms with Gasteiger partial charge >= 0.3 is 5.97 Å². The molecule has 5 nitrogen and oxygen atoms in total. The van der Waals surface area contributed by atoms with Gasteiger partial charge in [-0.1, -0.05) is 18.2 Å². The highest BCUT2D eigenvalue weighted by Gasteiger charge is 2.41. The molecule has 1 unspecified atom stereocenters. The Kier molecular flexibility index (Phi) is 3.88. The highest BCUT2D eigenvalue weighted by atomic mass is 16.4. The maximum atomic E-state index is 12.4. The average molecular weight is 314 g/mol. The van der Waals surface area contributed by atoms with Crippen molar-refractivity contribution < 1.29 is 14.7 Å². The Hall–Kier alpha value is -2.30. The number of nitrogens with zero attached hydrogens (tertiary/aromatic N) is 2. The Morgan fingerprint density at radius 2 is 2.04 bits per heavy atom. The van der Waals surface area contributed by atoms with Crippen molar-refractivity contribution in [1.29, 1.82) is 0 Å². The van der Waals surface area contributed by atoms with Gasteiger partial charge in [0.05, 0.1) is 5.41 Å². The van der Waals surface area contributed by atoms with Crippen LogP contribution in [0.3, 0.4) is 0 Å². The minimum absolute atomic E-state index is 0.0444. The first kappa shape index (κ1) is 15.6. The van der Waals surface area contributed by atoms with Crippen molar-refractivity contribution in [3.63, 3.8) is 0 Å². The highest BCUT2D eigenvalue weighted by Crippen LogP contribution is 2.30. The van der Waals surface area contributed by atoms with Crippen LogP contribution in [0.15, 0.2) is 30.5 Å². The van der Waals surface area contributed by atoms with E-state index in [9.17, 15) is 14.7 Å². The molecule has 1 atom stereocenters. The second-order valence-corrected chi connectivity index (χ2v) is 6.71. The lowest BCUT2D eigenvalue weighted by atomic mass is 9.90. The molecule has 0 bridgehead atoms. The molecule has 1 aromatic heterocycles. The fourth-order valence-corrected chi connectivity index (χ4v) is 3.37. The van der Waals surface area contributed by atoms with Gasteiger partial charge in [-0.3, -0.25) is 9.59 Å². The Morgan fingerprint density at radius 3 is 2.74 bits per heavy atom. The number of carboxylic acid groups (broad SMARTS) is 1. The number of aryl methyl sites for hydroxylation is 2. The van der Waals surface area contributed by atoms with Crippen LogP contribution in [-0.4, -0.2) is 39.5 Å². The lowest BCUT2D eigenvalue weighted by Crippen LogP contribution is -2.34. The summed E-state index contributed by atoms with van der Waals surface area (Å²) < 4.78 is 2.08. The van der Waals surface area contributed by atoms with E-state index < -0.39 is 11.4 Å². The van der Waals surface area contributed by atoms with Gasteiger partial charge in [0.1, 0.15) is 0 Å². The average Bonchev–Trinajstić information content (AvgIpc) is 3.08. The normalized spacial score (nSPS) is 21.0. The van der Waals surface area contributed by atoms with E-state index in [4.69, 9.17) is 0 Å². The minimum Gasteiger partial charge on any atom is -0.481 e. The van der Waals surface area contributed by atoms with Gasteiger partial charge in [-0.05, 0) is 31.4 Å². The van der Waals surface area contributed by atoms with Crippen LogP contribution in [0.1, 0.15) is 25.3 Å². The number of carboxylic acids is 1. The van der Waals surface area contributed by atoms with Gasteiger partial charge in [0.2, 0.25) is 5.91 Å². The Balaban J connectivity index is 1.66. The molecule has 0 aliphatic carbocycles. The van der Waals surface area contributed by atoms with E-state index in [1.165, 1.54) is 5.39 Å². The summed E-state index contributed by atoms with van der Waals surface area (Å²) in [6.45, 7) is 2.57. The third-order valence-corrected chi connectivity index (χ3v) is 4.93. The number of para-hydroxylation sites is 1. The summed E-state index contributed by atoms with van der Waals surface area (Å²) >= 11 is 0. The Labute approximate surface area is 135 Å². The lowest BCUT2D eigenvalue weighted by molar-refractivity contribution is -0.147. The predicted molar refractivity (Wildman–Crippen MR) is 88.2 cm³/mol. The number of amides is 1. The Morgan fingerprint density at radius 1 is 1.30 bits per heavy atom. The molecule has 23 heavy (non-hydrogen) atoms. The zero-order valence-electron chi connectivity index (χ0n) is 13.6. The smallest absolute Gasteiger partial charge is 0.311 e. The van der Waals surface area contributed by atoms with E-state index in [0.717, 1.165) is 11.1 Å². The first-order valence-electron chi connectivity index (χ1n) is 7.95. The van der Waals surface area contributed by atoms with Gasteiger partial charge in [0.25, 0.3) is 0 Å². The number of carbonyl (C=O) groups excluding carboxylic acids is 1. The first-order valence-corrected chi connectivity index (χ1v) is 7.95. The molecule has 1 saturated heterocycles.